The van der Waals surface area contributed by atoms with Crippen molar-refractivity contribution in [2.75, 3.05) is 0 Å². The Hall–Kier alpha value is -0.0400. The van der Waals surface area contributed by atoms with E-state index in [1.807, 2.05) is 6.92 Å². The Morgan fingerprint density at radius 3 is 2.00 bits per heavy atom. The van der Waals surface area contributed by atoms with E-state index in [1.54, 1.807) is 0 Å². The number of aliphatic hydroxyl groups excluding tert-OH is 1. The monoisotopic (exact) mass is 182 g/mol. The highest BCUT2D eigenvalue weighted by Crippen LogP contribution is 2.58. The summed E-state index contributed by atoms with van der Waals surface area (Å²) in [6.07, 6.45) is 10.9. The second-order valence-electron chi connectivity index (χ2n) is 5.10. The van der Waals surface area contributed by atoms with Crippen LogP contribution in [-0.2, 0) is 0 Å². The van der Waals surface area contributed by atoms with Crippen LogP contribution in [0.2, 0.25) is 0 Å². The standard InChI is InChI=1S/C12H22O/c1-10(13)12(8-9-12)11-6-4-2-3-5-7-11/h10-11,13H,2-9H2,1H3. The van der Waals surface area contributed by atoms with Gasteiger partial charge in [-0.05, 0) is 43.9 Å². The molecule has 0 aromatic rings. The van der Waals surface area contributed by atoms with E-state index >= 15 is 0 Å². The van der Waals surface area contributed by atoms with Gasteiger partial charge in [-0.1, -0.05) is 25.7 Å². The van der Waals surface area contributed by atoms with Crippen LogP contribution in [-0.4, -0.2) is 11.2 Å². The van der Waals surface area contributed by atoms with Crippen molar-refractivity contribution in [3.05, 3.63) is 0 Å². The molecule has 1 N–H and O–H groups in total. The van der Waals surface area contributed by atoms with Crippen LogP contribution in [0.15, 0.2) is 0 Å². The summed E-state index contributed by atoms with van der Waals surface area (Å²) in [6.45, 7) is 2.00. The van der Waals surface area contributed by atoms with Crippen LogP contribution in [0.3, 0.4) is 0 Å². The van der Waals surface area contributed by atoms with E-state index in [0.29, 0.717) is 5.41 Å². The summed E-state index contributed by atoms with van der Waals surface area (Å²) in [4.78, 5) is 0. The van der Waals surface area contributed by atoms with Crippen molar-refractivity contribution in [3.63, 3.8) is 0 Å². The highest BCUT2D eigenvalue weighted by atomic mass is 16.3. The Balaban J connectivity index is 1.98. The molecule has 13 heavy (non-hydrogen) atoms. The largest absolute Gasteiger partial charge is 0.393 e. The number of hydrogen-bond donors (Lipinski definition) is 1. The van der Waals surface area contributed by atoms with Gasteiger partial charge >= 0.3 is 0 Å². The average molecular weight is 182 g/mol. The van der Waals surface area contributed by atoms with E-state index in [9.17, 15) is 5.11 Å². The minimum atomic E-state index is -0.0596. The van der Waals surface area contributed by atoms with Crippen molar-refractivity contribution in [3.8, 4) is 0 Å². The second kappa shape index (κ2) is 3.61. The van der Waals surface area contributed by atoms with E-state index in [-0.39, 0.29) is 6.10 Å². The lowest BCUT2D eigenvalue weighted by molar-refractivity contribution is 0.0626. The maximum absolute atomic E-state index is 9.79. The minimum Gasteiger partial charge on any atom is -0.393 e. The van der Waals surface area contributed by atoms with Gasteiger partial charge in [0, 0.05) is 0 Å². The van der Waals surface area contributed by atoms with Crippen LogP contribution >= 0.6 is 0 Å². The summed E-state index contributed by atoms with van der Waals surface area (Å²) in [5.41, 5.74) is 0.365. The average Bonchev–Trinajstić information content (AvgIpc) is 2.90. The van der Waals surface area contributed by atoms with E-state index < -0.39 is 0 Å². The minimum absolute atomic E-state index is 0.0596. The van der Waals surface area contributed by atoms with Gasteiger partial charge in [0.1, 0.15) is 0 Å². The molecular formula is C12H22O. The van der Waals surface area contributed by atoms with Gasteiger partial charge in [-0.2, -0.15) is 0 Å². The van der Waals surface area contributed by atoms with Crippen LogP contribution in [0.1, 0.15) is 58.3 Å². The van der Waals surface area contributed by atoms with E-state index in [2.05, 4.69) is 0 Å². The summed E-state index contributed by atoms with van der Waals surface area (Å²) < 4.78 is 0. The molecule has 0 radical (unpaired) electrons. The lowest BCUT2D eigenvalue weighted by Crippen LogP contribution is -2.27. The molecule has 2 fully saturated rings. The van der Waals surface area contributed by atoms with Gasteiger partial charge in [-0.25, -0.2) is 0 Å². The molecule has 0 spiro atoms. The maximum Gasteiger partial charge on any atom is 0.0570 e. The molecule has 1 unspecified atom stereocenters. The lowest BCUT2D eigenvalue weighted by atomic mass is 9.80. The molecular weight excluding hydrogens is 160 g/mol. The molecule has 2 rings (SSSR count). The topological polar surface area (TPSA) is 20.2 Å². The molecule has 1 atom stereocenters. The number of hydrogen-bond acceptors (Lipinski definition) is 1. The molecule has 2 saturated carbocycles. The molecule has 1 heteroatoms. The third-order valence-corrected chi connectivity index (χ3v) is 4.33. The van der Waals surface area contributed by atoms with Crippen molar-refractivity contribution < 1.29 is 5.11 Å². The normalized spacial score (nSPS) is 30.9. The van der Waals surface area contributed by atoms with Crippen LogP contribution in [0.5, 0.6) is 0 Å². The second-order valence-corrected chi connectivity index (χ2v) is 5.10. The van der Waals surface area contributed by atoms with Gasteiger partial charge in [0.15, 0.2) is 0 Å². The van der Waals surface area contributed by atoms with Crippen molar-refractivity contribution in [2.45, 2.75) is 64.4 Å². The van der Waals surface area contributed by atoms with Crippen LogP contribution < -0.4 is 0 Å². The van der Waals surface area contributed by atoms with Crippen LogP contribution in [0.4, 0.5) is 0 Å². The first-order valence-electron chi connectivity index (χ1n) is 5.94. The SMILES string of the molecule is CC(O)C1(C2CCCCCC2)CC1. The fourth-order valence-electron chi connectivity index (χ4n) is 3.17. The summed E-state index contributed by atoms with van der Waals surface area (Å²) in [7, 11) is 0. The van der Waals surface area contributed by atoms with Gasteiger partial charge in [-0.3, -0.25) is 0 Å². The number of rotatable bonds is 2. The van der Waals surface area contributed by atoms with E-state index in [0.717, 1.165) is 5.92 Å². The molecule has 2 aliphatic carbocycles. The Morgan fingerprint density at radius 2 is 1.62 bits per heavy atom. The summed E-state index contributed by atoms with van der Waals surface area (Å²) in [6, 6.07) is 0. The Labute approximate surface area is 81.5 Å². The maximum atomic E-state index is 9.79. The first-order valence-corrected chi connectivity index (χ1v) is 5.94. The third kappa shape index (κ3) is 1.76. The molecule has 0 heterocycles. The lowest BCUT2D eigenvalue weighted by Gasteiger charge is -2.28. The molecule has 0 bridgehead atoms. The summed E-state index contributed by atoms with van der Waals surface area (Å²) in [5.74, 6) is 0.843. The summed E-state index contributed by atoms with van der Waals surface area (Å²) >= 11 is 0. The van der Waals surface area contributed by atoms with Crippen molar-refractivity contribution in [1.29, 1.82) is 0 Å². The van der Waals surface area contributed by atoms with E-state index in [4.69, 9.17) is 0 Å². The zero-order valence-electron chi connectivity index (χ0n) is 8.76. The predicted molar refractivity (Wildman–Crippen MR) is 54.5 cm³/mol. The molecule has 0 aliphatic heterocycles. The van der Waals surface area contributed by atoms with Crippen molar-refractivity contribution in [2.24, 2.45) is 11.3 Å². The van der Waals surface area contributed by atoms with Crippen LogP contribution in [0.25, 0.3) is 0 Å². The molecule has 0 amide bonds. The van der Waals surface area contributed by atoms with Crippen LogP contribution in [0, 0.1) is 11.3 Å². The highest BCUT2D eigenvalue weighted by molar-refractivity contribution is 5.02. The van der Waals surface area contributed by atoms with E-state index in [1.165, 1.54) is 51.4 Å². The Bertz CT molecular complexity index is 162. The zero-order chi connectivity index (χ0) is 9.31. The Kier molecular flexibility index (Phi) is 2.64. The molecule has 2 aliphatic rings. The summed E-state index contributed by atoms with van der Waals surface area (Å²) in [5, 5.41) is 9.79. The first kappa shape index (κ1) is 9.51. The third-order valence-electron chi connectivity index (χ3n) is 4.33. The molecule has 76 valence electrons. The quantitative estimate of drug-likeness (QED) is 0.651. The fourth-order valence-corrected chi connectivity index (χ4v) is 3.17. The van der Waals surface area contributed by atoms with Gasteiger partial charge in [0.25, 0.3) is 0 Å². The molecule has 0 saturated heterocycles. The van der Waals surface area contributed by atoms with Crippen molar-refractivity contribution in [1.82, 2.24) is 0 Å². The van der Waals surface area contributed by atoms with Gasteiger partial charge in [0.05, 0.1) is 6.10 Å². The zero-order valence-corrected chi connectivity index (χ0v) is 8.76. The molecule has 0 aromatic heterocycles. The molecule has 1 nitrogen and oxygen atoms in total. The van der Waals surface area contributed by atoms with Gasteiger partial charge < -0.3 is 5.11 Å². The highest BCUT2D eigenvalue weighted by Gasteiger charge is 2.51. The molecule has 0 aromatic carbocycles. The van der Waals surface area contributed by atoms with Gasteiger partial charge in [-0.15, -0.1) is 0 Å². The predicted octanol–water partition coefficient (Wildman–Crippen LogP) is 3.12. The smallest absolute Gasteiger partial charge is 0.0570 e. The number of aliphatic hydroxyl groups is 1. The van der Waals surface area contributed by atoms with Gasteiger partial charge in [0.2, 0.25) is 0 Å². The van der Waals surface area contributed by atoms with Crippen molar-refractivity contribution >= 4 is 0 Å². The Morgan fingerprint density at radius 1 is 1.08 bits per heavy atom. The first-order chi connectivity index (χ1) is 6.26. The fraction of sp³-hybridized carbons (Fsp3) is 1.00.